The molecular weight excluding hydrogens is 257 g/mol. The molecule has 1 aromatic heterocycles. The van der Waals surface area contributed by atoms with Gasteiger partial charge >= 0.3 is 0 Å². The van der Waals surface area contributed by atoms with Gasteiger partial charge in [-0.3, -0.25) is 4.68 Å². The summed E-state index contributed by atoms with van der Waals surface area (Å²) in [7, 11) is 1.92. The van der Waals surface area contributed by atoms with Gasteiger partial charge in [-0.05, 0) is 19.1 Å². The summed E-state index contributed by atoms with van der Waals surface area (Å²) in [6, 6.07) is 5.45. The van der Waals surface area contributed by atoms with Gasteiger partial charge in [0.15, 0.2) is 0 Å². The smallest absolute Gasteiger partial charge is 0.0721 e. The van der Waals surface area contributed by atoms with Crippen LogP contribution in [0, 0.1) is 6.92 Å². The van der Waals surface area contributed by atoms with Crippen molar-refractivity contribution < 1.29 is 0 Å². The summed E-state index contributed by atoms with van der Waals surface area (Å²) in [6.45, 7) is 2.68. The maximum atomic E-state index is 6.07. The van der Waals surface area contributed by atoms with Crippen LogP contribution in [0.1, 0.15) is 11.3 Å². The van der Waals surface area contributed by atoms with Crippen molar-refractivity contribution in [2.45, 2.75) is 13.5 Å². The molecule has 2 aromatic rings. The van der Waals surface area contributed by atoms with Crippen LogP contribution < -0.4 is 5.32 Å². The van der Waals surface area contributed by atoms with Gasteiger partial charge in [0.1, 0.15) is 0 Å². The standard InChI is InChI=1S/C12H13Cl2N3/c1-8-9(7-16-17(8)2)6-15-12-10(13)4-3-5-11(12)14/h3-5,7,15H,6H2,1-2H3. The summed E-state index contributed by atoms with van der Waals surface area (Å²) in [6.07, 6.45) is 1.84. The predicted molar refractivity (Wildman–Crippen MR) is 71.7 cm³/mol. The van der Waals surface area contributed by atoms with Crippen LogP contribution in [0.3, 0.4) is 0 Å². The predicted octanol–water partition coefficient (Wildman–Crippen LogP) is 3.65. The van der Waals surface area contributed by atoms with E-state index in [0.717, 1.165) is 16.9 Å². The van der Waals surface area contributed by atoms with E-state index in [1.165, 1.54) is 0 Å². The lowest BCUT2D eigenvalue weighted by Gasteiger charge is -2.09. The third-order valence-corrected chi connectivity index (χ3v) is 3.39. The third-order valence-electron chi connectivity index (χ3n) is 2.76. The van der Waals surface area contributed by atoms with Crippen molar-refractivity contribution in [3.63, 3.8) is 0 Å². The van der Waals surface area contributed by atoms with Crippen molar-refractivity contribution in [2.75, 3.05) is 5.32 Å². The molecule has 0 atom stereocenters. The molecule has 0 fully saturated rings. The van der Waals surface area contributed by atoms with E-state index in [-0.39, 0.29) is 0 Å². The van der Waals surface area contributed by atoms with Gasteiger partial charge in [-0.2, -0.15) is 5.10 Å². The number of aromatic nitrogens is 2. The minimum atomic E-state index is 0.624. The molecular formula is C12H13Cl2N3. The zero-order valence-corrected chi connectivity index (χ0v) is 11.2. The molecule has 0 saturated heterocycles. The second-order valence-corrected chi connectivity index (χ2v) is 4.64. The minimum Gasteiger partial charge on any atom is -0.378 e. The van der Waals surface area contributed by atoms with Crippen molar-refractivity contribution in [3.8, 4) is 0 Å². The molecule has 0 amide bonds. The van der Waals surface area contributed by atoms with Gasteiger partial charge in [0.05, 0.1) is 21.9 Å². The Balaban J connectivity index is 2.15. The van der Waals surface area contributed by atoms with Crippen molar-refractivity contribution >= 4 is 28.9 Å². The molecule has 0 unspecified atom stereocenters. The average Bonchev–Trinajstić information content (AvgIpc) is 2.60. The number of halogens is 2. The number of nitrogens with one attached hydrogen (secondary N) is 1. The zero-order valence-electron chi connectivity index (χ0n) is 9.67. The van der Waals surface area contributed by atoms with Gasteiger partial charge < -0.3 is 5.32 Å². The summed E-state index contributed by atoms with van der Waals surface area (Å²) in [4.78, 5) is 0. The summed E-state index contributed by atoms with van der Waals surface area (Å²) in [5, 5.41) is 8.67. The van der Waals surface area contributed by atoms with E-state index in [4.69, 9.17) is 23.2 Å². The number of nitrogens with zero attached hydrogens (tertiary/aromatic N) is 2. The summed E-state index contributed by atoms with van der Waals surface area (Å²) >= 11 is 12.1. The van der Waals surface area contributed by atoms with E-state index in [0.29, 0.717) is 16.6 Å². The number of aryl methyl sites for hydroxylation is 1. The Labute approximate surface area is 110 Å². The summed E-state index contributed by atoms with van der Waals surface area (Å²) in [5.41, 5.74) is 3.02. The van der Waals surface area contributed by atoms with Crippen LogP contribution in [0.15, 0.2) is 24.4 Å². The molecule has 1 heterocycles. The summed E-state index contributed by atoms with van der Waals surface area (Å²) < 4.78 is 1.84. The van der Waals surface area contributed by atoms with Crippen LogP contribution >= 0.6 is 23.2 Å². The second-order valence-electron chi connectivity index (χ2n) is 3.83. The molecule has 0 bridgehead atoms. The molecule has 0 aliphatic heterocycles. The van der Waals surface area contributed by atoms with Gasteiger partial charge in [0, 0.05) is 24.8 Å². The van der Waals surface area contributed by atoms with Gasteiger partial charge in [-0.25, -0.2) is 0 Å². The molecule has 3 nitrogen and oxygen atoms in total. The highest BCUT2D eigenvalue weighted by atomic mass is 35.5. The van der Waals surface area contributed by atoms with Crippen LogP contribution in [0.4, 0.5) is 5.69 Å². The Kier molecular flexibility index (Phi) is 3.60. The first-order chi connectivity index (χ1) is 8.09. The van der Waals surface area contributed by atoms with Crippen LogP contribution in [0.5, 0.6) is 0 Å². The lowest BCUT2D eigenvalue weighted by Crippen LogP contribution is -2.02. The Hall–Kier alpha value is -1.19. The maximum Gasteiger partial charge on any atom is 0.0721 e. The van der Waals surface area contributed by atoms with E-state index < -0.39 is 0 Å². The second kappa shape index (κ2) is 4.98. The highest BCUT2D eigenvalue weighted by molar-refractivity contribution is 6.39. The number of rotatable bonds is 3. The quantitative estimate of drug-likeness (QED) is 0.922. The van der Waals surface area contributed by atoms with Gasteiger partial charge in [0.25, 0.3) is 0 Å². The average molecular weight is 270 g/mol. The molecule has 1 aromatic carbocycles. The first-order valence-corrected chi connectivity index (χ1v) is 6.00. The molecule has 0 aliphatic rings. The normalized spacial score (nSPS) is 10.6. The third kappa shape index (κ3) is 2.56. The number of benzene rings is 1. The first kappa shape index (κ1) is 12.3. The molecule has 0 saturated carbocycles. The fraction of sp³-hybridized carbons (Fsp3) is 0.250. The monoisotopic (exact) mass is 269 g/mol. The number of anilines is 1. The Morgan fingerprint density at radius 3 is 2.47 bits per heavy atom. The Morgan fingerprint density at radius 2 is 1.94 bits per heavy atom. The largest absolute Gasteiger partial charge is 0.378 e. The Morgan fingerprint density at radius 1 is 1.29 bits per heavy atom. The number of hydrogen-bond acceptors (Lipinski definition) is 2. The van der Waals surface area contributed by atoms with Crippen molar-refractivity contribution in [1.82, 2.24) is 9.78 Å². The van der Waals surface area contributed by atoms with E-state index in [9.17, 15) is 0 Å². The van der Waals surface area contributed by atoms with Gasteiger partial charge in [-0.1, -0.05) is 29.3 Å². The van der Waals surface area contributed by atoms with Crippen LogP contribution in [0.25, 0.3) is 0 Å². The molecule has 0 radical (unpaired) electrons. The molecule has 0 aliphatic carbocycles. The van der Waals surface area contributed by atoms with Gasteiger partial charge in [-0.15, -0.1) is 0 Å². The van der Waals surface area contributed by atoms with Crippen molar-refractivity contribution in [2.24, 2.45) is 7.05 Å². The SMILES string of the molecule is Cc1c(CNc2c(Cl)cccc2Cl)cnn1C. The fourth-order valence-electron chi connectivity index (χ4n) is 1.57. The molecule has 0 spiro atoms. The lowest BCUT2D eigenvalue weighted by molar-refractivity contribution is 0.738. The minimum absolute atomic E-state index is 0.624. The Bertz CT molecular complexity index is 514. The van der Waals surface area contributed by atoms with E-state index >= 15 is 0 Å². The topological polar surface area (TPSA) is 29.9 Å². The van der Waals surface area contributed by atoms with Gasteiger partial charge in [0.2, 0.25) is 0 Å². The highest BCUT2D eigenvalue weighted by Gasteiger charge is 2.07. The molecule has 5 heteroatoms. The van der Waals surface area contributed by atoms with E-state index in [2.05, 4.69) is 10.4 Å². The van der Waals surface area contributed by atoms with Crippen molar-refractivity contribution in [1.29, 1.82) is 0 Å². The molecule has 90 valence electrons. The number of hydrogen-bond donors (Lipinski definition) is 1. The molecule has 2 rings (SSSR count). The van der Waals surface area contributed by atoms with Crippen molar-refractivity contribution in [3.05, 3.63) is 45.7 Å². The first-order valence-electron chi connectivity index (χ1n) is 5.25. The van der Waals surface area contributed by atoms with Crippen LogP contribution in [-0.2, 0) is 13.6 Å². The van der Waals surface area contributed by atoms with E-state index in [1.807, 2.05) is 43.0 Å². The zero-order chi connectivity index (χ0) is 12.4. The molecule has 1 N–H and O–H groups in total. The molecule has 17 heavy (non-hydrogen) atoms. The summed E-state index contributed by atoms with van der Waals surface area (Å²) in [5.74, 6) is 0. The fourth-order valence-corrected chi connectivity index (χ4v) is 2.10. The highest BCUT2D eigenvalue weighted by Crippen LogP contribution is 2.30. The van der Waals surface area contributed by atoms with Crippen LogP contribution in [0.2, 0.25) is 10.0 Å². The lowest BCUT2D eigenvalue weighted by atomic mass is 10.2. The maximum absolute atomic E-state index is 6.07. The van der Waals surface area contributed by atoms with Crippen LogP contribution in [-0.4, -0.2) is 9.78 Å². The van der Waals surface area contributed by atoms with E-state index in [1.54, 1.807) is 0 Å². The number of para-hydroxylation sites is 1.